The van der Waals surface area contributed by atoms with E-state index in [1.54, 1.807) is 39.8 Å². The first-order valence-electron chi connectivity index (χ1n) is 13.8. The molecular weight excluding hydrogens is 538 g/mol. The van der Waals surface area contributed by atoms with Gasteiger partial charge in [0, 0.05) is 36.8 Å². The van der Waals surface area contributed by atoms with Crippen molar-refractivity contribution in [2.75, 3.05) is 12.8 Å². The maximum atomic E-state index is 13.9. The number of nitrogen functional groups attached to an aromatic ring is 1. The Kier molecular flexibility index (Phi) is 10.8. The van der Waals surface area contributed by atoms with Crippen molar-refractivity contribution in [3.63, 3.8) is 0 Å². The van der Waals surface area contributed by atoms with Gasteiger partial charge in [-0.2, -0.15) is 0 Å². The summed E-state index contributed by atoms with van der Waals surface area (Å²) in [5, 5.41) is 2.67. The largest absolute Gasteiger partial charge is 0.467 e. The molecule has 0 unspecified atom stereocenters. The number of nitrogens with two attached hydrogens (primary N) is 1. The summed E-state index contributed by atoms with van der Waals surface area (Å²) >= 11 is 0. The van der Waals surface area contributed by atoms with Gasteiger partial charge >= 0.3 is 12.1 Å². The van der Waals surface area contributed by atoms with Gasteiger partial charge in [0.05, 0.1) is 13.4 Å². The highest BCUT2D eigenvalue weighted by Gasteiger charge is 2.39. The van der Waals surface area contributed by atoms with Gasteiger partial charge in [-0.1, -0.05) is 49.4 Å². The number of nitrogens with zero attached hydrogens (tertiary/aromatic N) is 2. The predicted octanol–water partition coefficient (Wildman–Crippen LogP) is 4.03. The van der Waals surface area contributed by atoms with Crippen LogP contribution in [0.5, 0.6) is 0 Å². The molecule has 0 aliphatic rings. The summed E-state index contributed by atoms with van der Waals surface area (Å²) in [6.07, 6.45) is 2.37. The number of ether oxygens (including phenoxy) is 2. The van der Waals surface area contributed by atoms with Gasteiger partial charge in [-0.25, -0.2) is 19.5 Å². The second-order valence-electron chi connectivity index (χ2n) is 10.9. The zero-order valence-corrected chi connectivity index (χ0v) is 24.7. The molecule has 0 spiro atoms. The maximum absolute atomic E-state index is 13.9. The Morgan fingerprint density at radius 1 is 1.05 bits per heavy atom. The van der Waals surface area contributed by atoms with E-state index < -0.39 is 41.6 Å². The third-order valence-electron chi connectivity index (χ3n) is 6.38. The number of methoxy groups -OCH3 is 1. The fourth-order valence-corrected chi connectivity index (χ4v) is 4.37. The molecule has 0 saturated heterocycles. The molecule has 11 nitrogen and oxygen atoms in total. The number of hydrogen-bond donors (Lipinski definition) is 3. The topological polar surface area (TPSA) is 157 Å². The summed E-state index contributed by atoms with van der Waals surface area (Å²) < 4.78 is 10.5. The van der Waals surface area contributed by atoms with E-state index in [2.05, 4.69) is 15.3 Å². The van der Waals surface area contributed by atoms with Gasteiger partial charge in [-0.15, -0.1) is 0 Å². The van der Waals surface area contributed by atoms with Crippen LogP contribution in [0.4, 0.5) is 10.5 Å². The average Bonchev–Trinajstić information content (AvgIpc) is 3.45. The molecule has 3 aromatic rings. The van der Waals surface area contributed by atoms with Gasteiger partial charge in [0.2, 0.25) is 11.8 Å². The molecule has 0 radical (unpaired) electrons. The van der Waals surface area contributed by atoms with E-state index in [0.717, 1.165) is 16.0 Å². The van der Waals surface area contributed by atoms with Crippen molar-refractivity contribution < 1.29 is 28.7 Å². The van der Waals surface area contributed by atoms with Crippen molar-refractivity contribution >= 4 is 29.6 Å². The highest BCUT2D eigenvalue weighted by Crippen LogP contribution is 2.26. The van der Waals surface area contributed by atoms with Crippen LogP contribution < -0.4 is 11.1 Å². The first-order chi connectivity index (χ1) is 19.9. The van der Waals surface area contributed by atoms with Gasteiger partial charge in [0.1, 0.15) is 17.7 Å². The summed E-state index contributed by atoms with van der Waals surface area (Å²) in [4.78, 5) is 61.1. The summed E-state index contributed by atoms with van der Waals surface area (Å²) in [7, 11) is 1.21. The minimum atomic E-state index is -1.38. The first-order valence-corrected chi connectivity index (χ1v) is 13.8. The fourth-order valence-electron chi connectivity index (χ4n) is 4.37. The van der Waals surface area contributed by atoms with Crippen molar-refractivity contribution in [1.82, 2.24) is 20.2 Å². The number of imidazole rings is 1. The molecule has 11 heteroatoms. The predicted molar refractivity (Wildman–Crippen MR) is 158 cm³/mol. The van der Waals surface area contributed by atoms with E-state index in [0.29, 0.717) is 23.4 Å². The highest BCUT2D eigenvalue weighted by atomic mass is 16.6. The number of hydrogen-bond acceptors (Lipinski definition) is 8. The summed E-state index contributed by atoms with van der Waals surface area (Å²) in [6.45, 7) is 6.79. The van der Waals surface area contributed by atoms with E-state index >= 15 is 0 Å². The number of aromatic nitrogens is 2. The molecule has 3 amide bonds. The molecule has 0 aliphatic carbocycles. The zero-order valence-electron chi connectivity index (χ0n) is 24.7. The number of nitrogens with one attached hydrogen (secondary N) is 2. The molecular formula is C31H39N5O6. The SMILES string of the molecule is CCCC(=O)N(C(=O)OC(C)(C)C)[C@@H](Cc1ccc(-c2ccccc2)cc1N)C(=O)N[C@@H](Cc1cnc[nH]1)C(=O)OC. The van der Waals surface area contributed by atoms with E-state index in [4.69, 9.17) is 15.2 Å². The Hall–Kier alpha value is -4.67. The number of esters is 1. The highest BCUT2D eigenvalue weighted by molar-refractivity contribution is 5.99. The maximum Gasteiger partial charge on any atom is 0.417 e. The van der Waals surface area contributed by atoms with Crippen molar-refractivity contribution in [1.29, 1.82) is 0 Å². The Morgan fingerprint density at radius 3 is 2.33 bits per heavy atom. The van der Waals surface area contributed by atoms with Gasteiger partial charge in [-0.3, -0.25) is 9.59 Å². The van der Waals surface area contributed by atoms with Crippen LogP contribution in [0, 0.1) is 0 Å². The van der Waals surface area contributed by atoms with E-state index in [1.807, 2.05) is 36.4 Å². The van der Waals surface area contributed by atoms with Crippen LogP contribution in [0.1, 0.15) is 51.8 Å². The van der Waals surface area contributed by atoms with Crippen LogP contribution in [0.3, 0.4) is 0 Å². The zero-order chi connectivity index (χ0) is 30.9. The number of benzene rings is 2. The minimum Gasteiger partial charge on any atom is -0.467 e. The van der Waals surface area contributed by atoms with Crippen LogP contribution in [0.25, 0.3) is 11.1 Å². The lowest BCUT2D eigenvalue weighted by Gasteiger charge is -2.32. The number of H-pyrrole nitrogens is 1. The molecule has 0 bridgehead atoms. The number of carbonyl (C=O) groups is 4. The summed E-state index contributed by atoms with van der Waals surface area (Å²) in [6, 6.07) is 12.5. The molecule has 42 heavy (non-hydrogen) atoms. The van der Waals surface area contributed by atoms with Crippen LogP contribution >= 0.6 is 0 Å². The van der Waals surface area contributed by atoms with E-state index in [1.165, 1.54) is 19.6 Å². The van der Waals surface area contributed by atoms with Crippen LogP contribution in [0.2, 0.25) is 0 Å². The van der Waals surface area contributed by atoms with Crippen molar-refractivity contribution in [3.05, 3.63) is 72.3 Å². The second kappa shape index (κ2) is 14.3. The number of carbonyl (C=O) groups excluding carboxylic acids is 4. The number of imide groups is 1. The molecule has 1 aromatic heterocycles. The van der Waals surface area contributed by atoms with E-state index in [9.17, 15) is 19.2 Å². The standard InChI is InChI=1S/C31H39N5O6/c1-6-10-27(37)36(30(40)42-31(2,3)4)26(28(38)35-25(29(39)41-5)17-23-18-33-19-34-23)16-22-14-13-21(15-24(22)32)20-11-8-7-9-12-20/h7-9,11-15,18-19,25-26H,6,10,16-17,32H2,1-5H3,(H,33,34)(H,35,38)/t25-,26-/m0/s1. The van der Waals surface area contributed by atoms with Crippen molar-refractivity contribution in [3.8, 4) is 11.1 Å². The Labute approximate surface area is 245 Å². The van der Waals surface area contributed by atoms with E-state index in [-0.39, 0.29) is 19.3 Å². The lowest BCUT2D eigenvalue weighted by Crippen LogP contribution is -2.57. The summed E-state index contributed by atoms with van der Waals surface area (Å²) in [5.41, 5.74) is 8.83. The average molecular weight is 578 g/mol. The van der Waals surface area contributed by atoms with Gasteiger partial charge in [0.25, 0.3) is 0 Å². The van der Waals surface area contributed by atoms with Crippen LogP contribution in [-0.4, -0.2) is 63.5 Å². The normalized spacial score (nSPS) is 12.6. The third kappa shape index (κ3) is 8.66. The number of anilines is 1. The molecule has 0 fully saturated rings. The third-order valence-corrected chi connectivity index (χ3v) is 6.38. The molecule has 2 aromatic carbocycles. The van der Waals surface area contributed by atoms with Gasteiger partial charge in [-0.05, 0) is 49.9 Å². The number of rotatable bonds is 11. The van der Waals surface area contributed by atoms with Crippen LogP contribution in [-0.2, 0) is 36.7 Å². The quantitative estimate of drug-likeness (QED) is 0.228. The molecule has 3 rings (SSSR count). The molecule has 0 saturated carbocycles. The Balaban J connectivity index is 2.03. The number of aromatic amines is 1. The van der Waals surface area contributed by atoms with Gasteiger partial charge in [0.15, 0.2) is 0 Å². The minimum absolute atomic E-state index is 0.0000248. The lowest BCUT2D eigenvalue weighted by molar-refractivity contribution is -0.146. The molecule has 0 aliphatic heterocycles. The smallest absolute Gasteiger partial charge is 0.417 e. The fraction of sp³-hybridized carbons (Fsp3) is 0.387. The summed E-state index contributed by atoms with van der Waals surface area (Å²) in [5.74, 6) is -2.03. The van der Waals surface area contributed by atoms with Gasteiger partial charge < -0.3 is 25.5 Å². The Bertz CT molecular complexity index is 1370. The molecule has 2 atom stereocenters. The van der Waals surface area contributed by atoms with Crippen molar-refractivity contribution in [2.45, 2.75) is 71.1 Å². The second-order valence-corrected chi connectivity index (χ2v) is 10.9. The molecule has 224 valence electrons. The monoisotopic (exact) mass is 577 g/mol. The Morgan fingerprint density at radius 2 is 1.76 bits per heavy atom. The number of amides is 3. The molecule has 1 heterocycles. The van der Waals surface area contributed by atoms with Crippen molar-refractivity contribution in [2.24, 2.45) is 0 Å². The van der Waals surface area contributed by atoms with Crippen LogP contribution in [0.15, 0.2) is 61.1 Å². The lowest BCUT2D eigenvalue weighted by atomic mass is 9.97. The first kappa shape index (κ1) is 31.9. The molecule has 4 N–H and O–H groups in total.